The summed E-state index contributed by atoms with van der Waals surface area (Å²) in [4.78, 5) is 26.3. The van der Waals surface area contributed by atoms with Gasteiger partial charge in [-0.05, 0) is 49.1 Å². The monoisotopic (exact) mass is 414 g/mol. The molecule has 1 heterocycles. The van der Waals surface area contributed by atoms with E-state index < -0.39 is 0 Å². The minimum atomic E-state index is -0.264. The molecule has 1 saturated heterocycles. The number of rotatable bonds is 7. The highest BCUT2D eigenvalue weighted by Crippen LogP contribution is 2.26. The maximum atomic E-state index is 12.4. The number of aryl methyl sites for hydroxylation is 1. The van der Waals surface area contributed by atoms with Gasteiger partial charge >= 0.3 is 0 Å². The summed E-state index contributed by atoms with van der Waals surface area (Å²) in [6.45, 7) is 1.12. The zero-order valence-electron chi connectivity index (χ0n) is 14.7. The van der Waals surface area contributed by atoms with Crippen LogP contribution in [-0.2, 0) is 16.0 Å². The number of anilines is 1. The van der Waals surface area contributed by atoms with E-state index in [-0.39, 0.29) is 24.2 Å². The normalized spacial score (nSPS) is 16.7. The van der Waals surface area contributed by atoms with Crippen molar-refractivity contribution < 1.29 is 9.59 Å². The van der Waals surface area contributed by atoms with E-state index in [1.165, 1.54) is 5.56 Å². The Bertz CT molecular complexity index is 746. The van der Waals surface area contributed by atoms with Gasteiger partial charge in [-0.1, -0.05) is 46.3 Å². The first-order valence-electron chi connectivity index (χ1n) is 9.01. The van der Waals surface area contributed by atoms with Crippen molar-refractivity contribution >= 4 is 33.4 Å². The van der Waals surface area contributed by atoms with Gasteiger partial charge in [-0.15, -0.1) is 0 Å². The molecule has 1 atom stereocenters. The number of halogens is 1. The molecule has 4 nitrogen and oxygen atoms in total. The molecule has 1 fully saturated rings. The van der Waals surface area contributed by atoms with Crippen molar-refractivity contribution in [3.63, 3.8) is 0 Å². The van der Waals surface area contributed by atoms with Crippen LogP contribution >= 0.6 is 15.9 Å². The van der Waals surface area contributed by atoms with Crippen LogP contribution < -0.4 is 10.2 Å². The summed E-state index contributed by atoms with van der Waals surface area (Å²) in [5, 5.41) is 2.99. The second kappa shape index (κ2) is 8.99. The predicted octanol–water partition coefficient (Wildman–Crippen LogP) is 3.94. The fourth-order valence-electron chi connectivity index (χ4n) is 3.21. The molecule has 0 bridgehead atoms. The highest BCUT2D eigenvalue weighted by Gasteiger charge is 2.34. The van der Waals surface area contributed by atoms with Crippen LogP contribution in [0.25, 0.3) is 0 Å². The van der Waals surface area contributed by atoms with Crippen LogP contribution in [0.5, 0.6) is 0 Å². The number of amides is 2. The topological polar surface area (TPSA) is 49.4 Å². The summed E-state index contributed by atoms with van der Waals surface area (Å²) in [6, 6.07) is 18.0. The van der Waals surface area contributed by atoms with Crippen molar-refractivity contribution in [2.24, 2.45) is 5.92 Å². The lowest BCUT2D eigenvalue weighted by atomic mass is 10.1. The third-order valence-corrected chi connectivity index (χ3v) is 5.20. The third-order valence-electron chi connectivity index (χ3n) is 4.67. The fraction of sp³-hybridized carbons (Fsp3) is 0.333. The average molecular weight is 415 g/mol. The molecule has 2 aromatic rings. The van der Waals surface area contributed by atoms with Gasteiger partial charge in [0.05, 0.1) is 5.92 Å². The first kappa shape index (κ1) is 18.6. The van der Waals surface area contributed by atoms with Crippen LogP contribution in [0.2, 0.25) is 0 Å². The molecule has 1 aliphatic heterocycles. The summed E-state index contributed by atoms with van der Waals surface area (Å²) in [7, 11) is 0. The van der Waals surface area contributed by atoms with Crippen LogP contribution in [0.4, 0.5) is 5.69 Å². The SMILES string of the molecule is O=C(NCCCCc1ccccc1)C1CC(=O)N(c2ccc(Br)cc2)C1. The van der Waals surface area contributed by atoms with Crippen molar-refractivity contribution in [1.29, 1.82) is 0 Å². The second-order valence-corrected chi connectivity index (χ2v) is 7.53. The molecule has 2 amide bonds. The molecule has 1 N–H and O–H groups in total. The number of unbranched alkanes of at least 4 members (excludes halogenated alkanes) is 1. The van der Waals surface area contributed by atoms with Crippen molar-refractivity contribution in [2.45, 2.75) is 25.7 Å². The van der Waals surface area contributed by atoms with Crippen molar-refractivity contribution in [2.75, 3.05) is 18.0 Å². The number of nitrogens with zero attached hydrogens (tertiary/aromatic N) is 1. The van der Waals surface area contributed by atoms with E-state index in [4.69, 9.17) is 0 Å². The predicted molar refractivity (Wildman–Crippen MR) is 107 cm³/mol. The Hall–Kier alpha value is -2.14. The summed E-state index contributed by atoms with van der Waals surface area (Å²) in [6.07, 6.45) is 3.29. The van der Waals surface area contributed by atoms with Gasteiger partial charge in [0, 0.05) is 29.7 Å². The molecule has 3 rings (SSSR count). The summed E-state index contributed by atoms with van der Waals surface area (Å²) >= 11 is 3.39. The van der Waals surface area contributed by atoms with Crippen LogP contribution in [-0.4, -0.2) is 24.9 Å². The summed E-state index contributed by atoms with van der Waals surface area (Å²) < 4.78 is 0.970. The maximum absolute atomic E-state index is 12.4. The molecule has 0 aromatic heterocycles. The molecule has 0 radical (unpaired) electrons. The number of hydrogen-bond donors (Lipinski definition) is 1. The molecule has 1 unspecified atom stereocenters. The standard InChI is InChI=1S/C21H23BrN2O2/c22-18-9-11-19(12-10-18)24-15-17(14-20(24)25)21(26)23-13-5-4-8-16-6-2-1-3-7-16/h1-3,6-7,9-12,17H,4-5,8,13-15H2,(H,23,26). The van der Waals surface area contributed by atoms with E-state index in [0.717, 1.165) is 29.4 Å². The molecule has 0 saturated carbocycles. The average Bonchev–Trinajstić information content (AvgIpc) is 3.05. The van der Waals surface area contributed by atoms with Crippen LogP contribution in [0.15, 0.2) is 59.1 Å². The van der Waals surface area contributed by atoms with Crippen molar-refractivity contribution in [1.82, 2.24) is 5.32 Å². The number of carbonyl (C=O) groups excluding carboxylic acids is 2. The van der Waals surface area contributed by atoms with Crippen LogP contribution in [0.3, 0.4) is 0 Å². The molecule has 5 heteroatoms. The molecule has 26 heavy (non-hydrogen) atoms. The highest BCUT2D eigenvalue weighted by atomic mass is 79.9. The number of nitrogens with one attached hydrogen (secondary N) is 1. The molecule has 1 aliphatic rings. The quantitative estimate of drug-likeness (QED) is 0.697. The number of benzene rings is 2. The van der Waals surface area contributed by atoms with Gasteiger partial charge in [-0.25, -0.2) is 0 Å². The van der Waals surface area contributed by atoms with E-state index >= 15 is 0 Å². The first-order valence-corrected chi connectivity index (χ1v) is 9.80. The van der Waals surface area contributed by atoms with Gasteiger partial charge in [0.2, 0.25) is 11.8 Å². The van der Waals surface area contributed by atoms with Gasteiger partial charge in [-0.3, -0.25) is 9.59 Å². The lowest BCUT2D eigenvalue weighted by molar-refractivity contribution is -0.126. The molecule has 0 spiro atoms. The highest BCUT2D eigenvalue weighted by molar-refractivity contribution is 9.10. The molecule has 136 valence electrons. The first-order chi connectivity index (χ1) is 12.6. The Morgan fingerprint density at radius 1 is 1.08 bits per heavy atom. The Kier molecular flexibility index (Phi) is 6.45. The molecular weight excluding hydrogens is 392 g/mol. The van der Waals surface area contributed by atoms with Gasteiger partial charge in [0.25, 0.3) is 0 Å². The van der Waals surface area contributed by atoms with Gasteiger partial charge in [0.15, 0.2) is 0 Å². The lowest BCUT2D eigenvalue weighted by Gasteiger charge is -2.16. The van der Waals surface area contributed by atoms with E-state index in [0.29, 0.717) is 13.1 Å². The number of hydrogen-bond acceptors (Lipinski definition) is 2. The Balaban J connectivity index is 1.41. The lowest BCUT2D eigenvalue weighted by Crippen LogP contribution is -2.33. The summed E-state index contributed by atoms with van der Waals surface area (Å²) in [5.41, 5.74) is 2.17. The van der Waals surface area contributed by atoms with Gasteiger partial charge in [-0.2, -0.15) is 0 Å². The van der Waals surface area contributed by atoms with E-state index in [2.05, 4.69) is 33.4 Å². The fourth-order valence-corrected chi connectivity index (χ4v) is 3.47. The maximum Gasteiger partial charge on any atom is 0.227 e. The Morgan fingerprint density at radius 3 is 2.54 bits per heavy atom. The van der Waals surface area contributed by atoms with E-state index in [9.17, 15) is 9.59 Å². The zero-order valence-corrected chi connectivity index (χ0v) is 16.2. The van der Waals surface area contributed by atoms with Gasteiger partial charge in [0.1, 0.15) is 0 Å². The minimum Gasteiger partial charge on any atom is -0.356 e. The number of carbonyl (C=O) groups is 2. The van der Waals surface area contributed by atoms with Crippen molar-refractivity contribution in [3.8, 4) is 0 Å². The van der Waals surface area contributed by atoms with Crippen molar-refractivity contribution in [3.05, 3.63) is 64.6 Å². The Morgan fingerprint density at radius 2 is 1.81 bits per heavy atom. The second-order valence-electron chi connectivity index (χ2n) is 6.62. The van der Waals surface area contributed by atoms with Crippen LogP contribution in [0.1, 0.15) is 24.8 Å². The zero-order chi connectivity index (χ0) is 18.4. The minimum absolute atomic E-state index is 0.0107. The van der Waals surface area contributed by atoms with Gasteiger partial charge < -0.3 is 10.2 Å². The summed E-state index contributed by atoms with van der Waals surface area (Å²) in [5.74, 6) is -0.269. The third kappa shape index (κ3) is 4.94. The largest absolute Gasteiger partial charge is 0.356 e. The molecule has 2 aromatic carbocycles. The van der Waals surface area contributed by atoms with Crippen LogP contribution in [0, 0.1) is 5.92 Å². The molecule has 0 aliphatic carbocycles. The Labute approximate surface area is 162 Å². The smallest absolute Gasteiger partial charge is 0.227 e. The molecular formula is C21H23BrN2O2. The van der Waals surface area contributed by atoms with E-state index in [1.54, 1.807) is 4.90 Å². The van der Waals surface area contributed by atoms with E-state index in [1.807, 2.05) is 42.5 Å².